The molecule has 1 aliphatic heterocycles. The van der Waals surface area contributed by atoms with Gasteiger partial charge in [-0.2, -0.15) is 0 Å². The van der Waals surface area contributed by atoms with Gasteiger partial charge >= 0.3 is 0 Å². The molecule has 1 nitrogen and oxygen atoms in total. The van der Waals surface area contributed by atoms with E-state index < -0.39 is 0 Å². The molecule has 0 amide bonds. The zero-order valence-electron chi connectivity index (χ0n) is 16.0. The highest BCUT2D eigenvalue weighted by atomic mass is 35.5. The summed E-state index contributed by atoms with van der Waals surface area (Å²) in [5.41, 5.74) is 2.72. The standard InChI is InChI=1S/C23H29Cl2N/c1-4-21(5-2)26-22(17-10-12-19(24)13-11-17)14-9-16(3)23(26)18-7-6-8-20(25)15-18/h6-8,10-13,15-16,21-23H,4-5,9,14H2,1-3H3. The zero-order valence-corrected chi connectivity index (χ0v) is 17.5. The van der Waals surface area contributed by atoms with Crippen molar-refractivity contribution in [3.05, 3.63) is 69.7 Å². The summed E-state index contributed by atoms with van der Waals surface area (Å²) in [6, 6.07) is 18.3. The van der Waals surface area contributed by atoms with Gasteiger partial charge in [-0.3, -0.25) is 4.90 Å². The molecule has 2 aromatic rings. The summed E-state index contributed by atoms with van der Waals surface area (Å²) in [6.45, 7) is 7.00. The fraction of sp³-hybridized carbons (Fsp3) is 0.478. The maximum Gasteiger partial charge on any atom is 0.0409 e. The van der Waals surface area contributed by atoms with E-state index in [2.05, 4.69) is 56.0 Å². The Balaban J connectivity index is 2.05. The lowest BCUT2D eigenvalue weighted by atomic mass is 9.79. The topological polar surface area (TPSA) is 3.24 Å². The van der Waals surface area contributed by atoms with E-state index in [1.165, 1.54) is 24.0 Å². The summed E-state index contributed by atoms with van der Waals surface area (Å²) >= 11 is 12.5. The molecule has 0 bridgehead atoms. The Morgan fingerprint density at radius 2 is 1.62 bits per heavy atom. The highest BCUT2D eigenvalue weighted by Gasteiger charge is 2.39. The molecule has 0 N–H and O–H groups in total. The Morgan fingerprint density at radius 1 is 0.923 bits per heavy atom. The van der Waals surface area contributed by atoms with E-state index >= 15 is 0 Å². The van der Waals surface area contributed by atoms with Crippen LogP contribution in [0.3, 0.4) is 0 Å². The van der Waals surface area contributed by atoms with Crippen molar-refractivity contribution in [3.63, 3.8) is 0 Å². The molecule has 0 spiro atoms. The molecule has 0 aromatic heterocycles. The molecule has 1 fully saturated rings. The second kappa shape index (κ2) is 8.78. The average Bonchev–Trinajstić information content (AvgIpc) is 2.64. The minimum absolute atomic E-state index is 0.396. The van der Waals surface area contributed by atoms with Gasteiger partial charge in [0.1, 0.15) is 0 Å². The van der Waals surface area contributed by atoms with Crippen LogP contribution in [-0.4, -0.2) is 10.9 Å². The lowest BCUT2D eigenvalue weighted by molar-refractivity contribution is 0.000478. The Hall–Kier alpha value is -1.02. The van der Waals surface area contributed by atoms with Gasteiger partial charge in [0.2, 0.25) is 0 Å². The third-order valence-electron chi connectivity index (χ3n) is 5.92. The number of nitrogens with zero attached hydrogens (tertiary/aromatic N) is 1. The van der Waals surface area contributed by atoms with Crippen molar-refractivity contribution in [2.75, 3.05) is 0 Å². The summed E-state index contributed by atoms with van der Waals surface area (Å²) in [7, 11) is 0. The van der Waals surface area contributed by atoms with Crippen LogP contribution in [-0.2, 0) is 0 Å². The number of rotatable bonds is 5. The molecular weight excluding hydrogens is 361 g/mol. The lowest BCUT2D eigenvalue weighted by Gasteiger charge is -2.50. The third-order valence-corrected chi connectivity index (χ3v) is 6.41. The number of hydrogen-bond donors (Lipinski definition) is 0. The predicted molar refractivity (Wildman–Crippen MR) is 113 cm³/mol. The Kier molecular flexibility index (Phi) is 6.66. The maximum absolute atomic E-state index is 6.34. The molecule has 26 heavy (non-hydrogen) atoms. The van der Waals surface area contributed by atoms with E-state index in [9.17, 15) is 0 Å². The van der Waals surface area contributed by atoms with Gasteiger partial charge in [0.25, 0.3) is 0 Å². The highest BCUT2D eigenvalue weighted by molar-refractivity contribution is 6.30. The smallest absolute Gasteiger partial charge is 0.0409 e. The zero-order chi connectivity index (χ0) is 18.7. The number of benzene rings is 2. The average molecular weight is 390 g/mol. The third kappa shape index (κ3) is 4.11. The molecular formula is C23H29Cl2N. The van der Waals surface area contributed by atoms with Gasteiger partial charge in [0, 0.05) is 28.2 Å². The summed E-state index contributed by atoms with van der Waals surface area (Å²) in [6.07, 6.45) is 4.73. The van der Waals surface area contributed by atoms with Gasteiger partial charge in [-0.1, -0.05) is 68.2 Å². The van der Waals surface area contributed by atoms with Gasteiger partial charge in [-0.25, -0.2) is 0 Å². The van der Waals surface area contributed by atoms with Crippen LogP contribution in [0.5, 0.6) is 0 Å². The fourth-order valence-electron chi connectivity index (χ4n) is 4.62. The van der Waals surface area contributed by atoms with Gasteiger partial charge in [0.05, 0.1) is 0 Å². The van der Waals surface area contributed by atoms with Crippen molar-refractivity contribution in [2.45, 2.75) is 64.6 Å². The predicted octanol–water partition coefficient (Wildman–Crippen LogP) is 7.70. The van der Waals surface area contributed by atoms with Crippen molar-refractivity contribution < 1.29 is 0 Å². The largest absolute Gasteiger partial charge is 0.286 e. The molecule has 3 rings (SSSR count). The summed E-state index contributed by atoms with van der Waals surface area (Å²) in [5, 5.41) is 1.63. The molecule has 0 aliphatic carbocycles. The summed E-state index contributed by atoms with van der Waals surface area (Å²) in [5.74, 6) is 0.609. The molecule has 140 valence electrons. The highest BCUT2D eigenvalue weighted by Crippen LogP contribution is 2.47. The number of halogens is 2. The molecule has 2 aromatic carbocycles. The minimum Gasteiger partial charge on any atom is -0.286 e. The van der Waals surface area contributed by atoms with E-state index in [4.69, 9.17) is 23.2 Å². The van der Waals surface area contributed by atoms with Crippen LogP contribution in [0.1, 0.15) is 69.7 Å². The van der Waals surface area contributed by atoms with Crippen molar-refractivity contribution in [3.8, 4) is 0 Å². The molecule has 1 saturated heterocycles. The van der Waals surface area contributed by atoms with Crippen LogP contribution in [0.15, 0.2) is 48.5 Å². The molecule has 3 atom stereocenters. The van der Waals surface area contributed by atoms with Crippen LogP contribution < -0.4 is 0 Å². The Labute approximate surface area is 168 Å². The summed E-state index contributed by atoms with van der Waals surface area (Å²) in [4.78, 5) is 2.77. The van der Waals surface area contributed by atoms with Crippen molar-refractivity contribution in [1.29, 1.82) is 0 Å². The second-order valence-corrected chi connectivity index (χ2v) is 8.41. The van der Waals surface area contributed by atoms with Gasteiger partial charge in [-0.15, -0.1) is 0 Å². The van der Waals surface area contributed by atoms with Gasteiger partial charge in [0.15, 0.2) is 0 Å². The van der Waals surface area contributed by atoms with Crippen LogP contribution in [0.25, 0.3) is 0 Å². The molecule has 1 aliphatic rings. The second-order valence-electron chi connectivity index (χ2n) is 7.54. The quantitative estimate of drug-likeness (QED) is 0.506. The Bertz CT molecular complexity index is 708. The van der Waals surface area contributed by atoms with Gasteiger partial charge < -0.3 is 0 Å². The first-order chi connectivity index (χ1) is 12.5. The first-order valence-corrected chi connectivity index (χ1v) is 10.6. The van der Waals surface area contributed by atoms with Crippen LogP contribution >= 0.6 is 23.2 Å². The van der Waals surface area contributed by atoms with Gasteiger partial charge in [-0.05, 0) is 67.0 Å². The summed E-state index contributed by atoms with van der Waals surface area (Å²) < 4.78 is 0. The van der Waals surface area contributed by atoms with E-state index in [1.807, 2.05) is 18.2 Å². The minimum atomic E-state index is 0.396. The molecule has 3 unspecified atom stereocenters. The molecule has 0 saturated carbocycles. The monoisotopic (exact) mass is 389 g/mol. The van der Waals surface area contributed by atoms with E-state index in [-0.39, 0.29) is 0 Å². The normalized spacial score (nSPS) is 24.2. The first-order valence-electron chi connectivity index (χ1n) is 9.83. The molecule has 3 heteroatoms. The first kappa shape index (κ1) is 19.7. The Morgan fingerprint density at radius 3 is 2.23 bits per heavy atom. The lowest BCUT2D eigenvalue weighted by Crippen LogP contribution is -2.46. The number of likely N-dealkylation sites (tertiary alicyclic amines) is 1. The van der Waals surface area contributed by atoms with Crippen LogP contribution in [0.4, 0.5) is 0 Å². The van der Waals surface area contributed by atoms with Crippen LogP contribution in [0.2, 0.25) is 10.0 Å². The molecule has 1 heterocycles. The maximum atomic E-state index is 6.34. The van der Waals surface area contributed by atoms with E-state index in [1.54, 1.807) is 0 Å². The van der Waals surface area contributed by atoms with E-state index in [0.29, 0.717) is 24.0 Å². The van der Waals surface area contributed by atoms with E-state index in [0.717, 1.165) is 22.9 Å². The molecule has 0 radical (unpaired) electrons. The SMILES string of the molecule is CCC(CC)N1C(c2ccc(Cl)cc2)CCC(C)C1c1cccc(Cl)c1. The number of hydrogen-bond acceptors (Lipinski definition) is 1. The van der Waals surface area contributed by atoms with Crippen molar-refractivity contribution in [1.82, 2.24) is 4.90 Å². The number of piperidine rings is 1. The van der Waals surface area contributed by atoms with Crippen molar-refractivity contribution >= 4 is 23.2 Å². The fourth-order valence-corrected chi connectivity index (χ4v) is 4.95. The van der Waals surface area contributed by atoms with Crippen LogP contribution in [0, 0.1) is 5.92 Å². The van der Waals surface area contributed by atoms with Crippen molar-refractivity contribution in [2.24, 2.45) is 5.92 Å².